The molecule has 0 aromatic heterocycles. The highest BCUT2D eigenvalue weighted by atomic mass is 16.5. The van der Waals surface area contributed by atoms with Crippen molar-refractivity contribution in [1.82, 2.24) is 14.7 Å². The monoisotopic (exact) mass is 565 g/mol. The van der Waals surface area contributed by atoms with E-state index in [-0.39, 0.29) is 11.7 Å². The first-order chi connectivity index (χ1) is 19.5. The van der Waals surface area contributed by atoms with E-state index in [1.807, 2.05) is 9.80 Å². The van der Waals surface area contributed by atoms with E-state index in [1.165, 1.54) is 77.0 Å². The number of Topliss-reactive ketones (excluding diaryl/α,β-unsaturated/α-hetero) is 1. The van der Waals surface area contributed by atoms with Crippen LogP contribution in [-0.4, -0.2) is 104 Å². The topological polar surface area (TPSA) is 79.4 Å². The van der Waals surface area contributed by atoms with Gasteiger partial charge in [-0.3, -0.25) is 19.3 Å². The fourth-order valence-corrected chi connectivity index (χ4v) is 5.53. The Balaban J connectivity index is 1.39. The lowest BCUT2D eigenvalue weighted by molar-refractivity contribution is -0.140. The van der Waals surface area contributed by atoms with Gasteiger partial charge in [-0.25, -0.2) is 0 Å². The highest BCUT2D eigenvalue weighted by molar-refractivity contribution is 5.77. The third-order valence-corrected chi connectivity index (χ3v) is 8.32. The van der Waals surface area contributed by atoms with Crippen LogP contribution < -0.4 is 0 Å². The number of ether oxygens (including phenoxy) is 2. The van der Waals surface area contributed by atoms with Crippen LogP contribution in [0.25, 0.3) is 0 Å². The van der Waals surface area contributed by atoms with Crippen LogP contribution in [0.2, 0.25) is 0 Å². The average Bonchev–Trinajstić information content (AvgIpc) is 2.92. The smallest absolute Gasteiger partial charge is 0.224 e. The van der Waals surface area contributed by atoms with Crippen molar-refractivity contribution in [3.8, 4) is 0 Å². The van der Waals surface area contributed by atoms with Gasteiger partial charge in [0.05, 0.1) is 32.8 Å². The molecule has 8 nitrogen and oxygen atoms in total. The summed E-state index contributed by atoms with van der Waals surface area (Å²) in [5.74, 6) is 0.577. The van der Waals surface area contributed by atoms with Crippen molar-refractivity contribution in [2.24, 2.45) is 0 Å². The van der Waals surface area contributed by atoms with Gasteiger partial charge in [0.15, 0.2) is 0 Å². The van der Waals surface area contributed by atoms with Crippen LogP contribution in [0.3, 0.4) is 0 Å². The normalized spacial score (nSPS) is 16.4. The lowest BCUT2D eigenvalue weighted by atomic mass is 10.0. The predicted octanol–water partition coefficient (Wildman–Crippen LogP) is 5.23. The Morgan fingerprint density at radius 3 is 1.57 bits per heavy atom. The van der Waals surface area contributed by atoms with Crippen LogP contribution in [0, 0.1) is 0 Å². The van der Waals surface area contributed by atoms with Crippen molar-refractivity contribution >= 4 is 17.6 Å². The summed E-state index contributed by atoms with van der Waals surface area (Å²) in [6.45, 7) is 10.5. The molecule has 0 bridgehead atoms. The molecule has 0 atom stereocenters. The largest absolute Gasteiger partial charge is 0.379 e. The molecule has 0 saturated carbocycles. The Morgan fingerprint density at radius 2 is 1.05 bits per heavy atom. The number of ketones is 1. The van der Waals surface area contributed by atoms with E-state index in [1.54, 1.807) is 6.92 Å². The van der Waals surface area contributed by atoms with E-state index >= 15 is 0 Å². The molecule has 8 heteroatoms. The Morgan fingerprint density at radius 1 is 0.575 bits per heavy atom. The second-order valence-corrected chi connectivity index (χ2v) is 11.8. The minimum absolute atomic E-state index is 0.120. The average molecular weight is 566 g/mol. The zero-order valence-corrected chi connectivity index (χ0v) is 25.8. The number of hydrogen-bond acceptors (Lipinski definition) is 6. The molecule has 2 saturated heterocycles. The van der Waals surface area contributed by atoms with E-state index in [0.717, 1.165) is 45.7 Å². The molecule has 0 unspecified atom stereocenters. The van der Waals surface area contributed by atoms with Gasteiger partial charge in [0, 0.05) is 58.2 Å². The fraction of sp³-hybridized carbons (Fsp3) is 0.906. The summed E-state index contributed by atoms with van der Waals surface area (Å²) >= 11 is 0. The van der Waals surface area contributed by atoms with Gasteiger partial charge in [-0.15, -0.1) is 0 Å². The molecule has 40 heavy (non-hydrogen) atoms. The molecule has 2 amide bonds. The van der Waals surface area contributed by atoms with Crippen LogP contribution in [0.15, 0.2) is 0 Å². The number of likely N-dealkylation sites (tertiary alicyclic amines) is 1. The van der Waals surface area contributed by atoms with E-state index in [2.05, 4.69) is 11.8 Å². The minimum Gasteiger partial charge on any atom is -0.379 e. The second kappa shape index (κ2) is 22.1. The number of rotatable bonds is 24. The third-order valence-electron chi connectivity index (χ3n) is 8.32. The van der Waals surface area contributed by atoms with Gasteiger partial charge in [-0.05, 0) is 13.3 Å². The first-order valence-electron chi connectivity index (χ1n) is 16.5. The molecular formula is C32H59N3O5. The van der Waals surface area contributed by atoms with Gasteiger partial charge < -0.3 is 19.3 Å². The quantitative estimate of drug-likeness (QED) is 0.149. The standard InChI is InChI=1S/C32H59N3O5/c1-3-4-5-6-7-8-9-10-11-12-13-14-15-16-31(37)35-27-30(28-35)33-19-21-34(22-20-33)32(38)18-24-40-26-25-39-23-17-29(2)36/h30H,3-28H2,1-2H3. The number of nitrogens with zero attached hydrogens (tertiary/aromatic N) is 3. The number of hydrogen-bond donors (Lipinski definition) is 0. The van der Waals surface area contributed by atoms with E-state index < -0.39 is 0 Å². The van der Waals surface area contributed by atoms with Crippen molar-refractivity contribution in [3.05, 3.63) is 0 Å². The van der Waals surface area contributed by atoms with Crippen LogP contribution in [-0.2, 0) is 23.9 Å². The molecule has 232 valence electrons. The van der Waals surface area contributed by atoms with Crippen LogP contribution in [0.4, 0.5) is 0 Å². The minimum atomic E-state index is 0.120. The summed E-state index contributed by atoms with van der Waals surface area (Å²) in [5, 5.41) is 0. The molecule has 0 N–H and O–H groups in total. The van der Waals surface area contributed by atoms with E-state index in [9.17, 15) is 14.4 Å². The fourth-order valence-electron chi connectivity index (χ4n) is 5.53. The molecule has 0 spiro atoms. The number of carbonyl (C=O) groups excluding carboxylic acids is 3. The Bertz CT molecular complexity index is 690. The van der Waals surface area contributed by atoms with Gasteiger partial charge in [0.2, 0.25) is 11.8 Å². The number of piperazine rings is 1. The highest BCUT2D eigenvalue weighted by Gasteiger charge is 2.36. The summed E-state index contributed by atoms with van der Waals surface area (Å²) in [6.07, 6.45) is 18.8. The second-order valence-electron chi connectivity index (χ2n) is 11.8. The molecule has 2 heterocycles. The maximum Gasteiger partial charge on any atom is 0.224 e. The summed E-state index contributed by atoms with van der Waals surface area (Å²) in [6, 6.07) is 0.444. The molecule has 0 radical (unpaired) electrons. The lowest BCUT2D eigenvalue weighted by Gasteiger charge is -2.48. The first kappa shape index (κ1) is 34.7. The molecule has 0 aliphatic carbocycles. The van der Waals surface area contributed by atoms with Crippen molar-refractivity contribution in [2.75, 3.05) is 65.7 Å². The molecule has 0 aromatic rings. The SMILES string of the molecule is CCCCCCCCCCCCCCCC(=O)N1CC(N2CCN(C(=O)CCOCCOCCC(C)=O)CC2)C1. The van der Waals surface area contributed by atoms with Gasteiger partial charge in [0.1, 0.15) is 5.78 Å². The van der Waals surface area contributed by atoms with Crippen molar-refractivity contribution in [1.29, 1.82) is 0 Å². The summed E-state index contributed by atoms with van der Waals surface area (Å²) < 4.78 is 10.8. The van der Waals surface area contributed by atoms with Gasteiger partial charge in [-0.1, -0.05) is 84.0 Å². The van der Waals surface area contributed by atoms with E-state index in [0.29, 0.717) is 57.6 Å². The Hall–Kier alpha value is -1.51. The van der Waals surface area contributed by atoms with Crippen LogP contribution in [0.5, 0.6) is 0 Å². The predicted molar refractivity (Wildman–Crippen MR) is 160 cm³/mol. The molecule has 2 aliphatic heterocycles. The highest BCUT2D eigenvalue weighted by Crippen LogP contribution is 2.20. The van der Waals surface area contributed by atoms with Crippen molar-refractivity contribution < 1.29 is 23.9 Å². The molecule has 2 aliphatic rings. The molecule has 2 rings (SSSR count). The number of unbranched alkanes of at least 4 members (excludes halogenated alkanes) is 12. The summed E-state index contributed by atoms with van der Waals surface area (Å²) in [7, 11) is 0. The van der Waals surface area contributed by atoms with Gasteiger partial charge in [0.25, 0.3) is 0 Å². The third kappa shape index (κ3) is 15.5. The summed E-state index contributed by atoms with van der Waals surface area (Å²) in [4.78, 5) is 42.3. The maximum atomic E-state index is 12.5. The van der Waals surface area contributed by atoms with E-state index in [4.69, 9.17) is 9.47 Å². The molecule has 2 fully saturated rings. The Kier molecular flexibility index (Phi) is 19.2. The first-order valence-corrected chi connectivity index (χ1v) is 16.5. The van der Waals surface area contributed by atoms with Gasteiger partial charge >= 0.3 is 0 Å². The lowest BCUT2D eigenvalue weighted by Crippen LogP contribution is -2.64. The zero-order valence-electron chi connectivity index (χ0n) is 25.8. The van der Waals surface area contributed by atoms with Crippen molar-refractivity contribution in [3.63, 3.8) is 0 Å². The number of amides is 2. The Labute approximate surface area is 244 Å². The maximum absolute atomic E-state index is 12.5. The molecular weight excluding hydrogens is 506 g/mol. The van der Waals surface area contributed by atoms with Crippen LogP contribution in [0.1, 0.15) is 117 Å². The summed E-state index contributed by atoms with van der Waals surface area (Å²) in [5.41, 5.74) is 0. The molecule has 0 aromatic carbocycles. The number of carbonyl (C=O) groups is 3. The van der Waals surface area contributed by atoms with Crippen LogP contribution >= 0.6 is 0 Å². The zero-order chi connectivity index (χ0) is 28.8. The van der Waals surface area contributed by atoms with Crippen molar-refractivity contribution in [2.45, 2.75) is 123 Å². The van der Waals surface area contributed by atoms with Gasteiger partial charge in [-0.2, -0.15) is 0 Å².